The molecular weight excluding hydrogens is 359 g/mol. The SMILES string of the molecule is CC(C)CCC[C@@H](C)[C@H]1CC[C@H]2[C@@H]3CC[C@H]4C[C@H](F)[C@@H](O)C[C@]4(C)[C@H]3CC[C@]12C. The van der Waals surface area contributed by atoms with Gasteiger partial charge >= 0.3 is 0 Å². The molecular formula is C27H47FO. The summed E-state index contributed by atoms with van der Waals surface area (Å²) >= 11 is 0. The Hall–Kier alpha value is -0.110. The number of halogens is 1. The molecule has 10 atom stereocenters. The van der Waals surface area contributed by atoms with Gasteiger partial charge in [0.1, 0.15) is 6.17 Å². The van der Waals surface area contributed by atoms with Crippen LogP contribution in [-0.4, -0.2) is 17.4 Å². The predicted octanol–water partition coefficient (Wildman–Crippen LogP) is 7.42. The van der Waals surface area contributed by atoms with Gasteiger partial charge in [-0.2, -0.15) is 0 Å². The highest BCUT2D eigenvalue weighted by Gasteiger charge is 2.61. The molecule has 4 fully saturated rings. The molecule has 0 amide bonds. The Bertz CT molecular complexity index is 575. The van der Waals surface area contributed by atoms with Crippen molar-refractivity contribution in [3.63, 3.8) is 0 Å². The summed E-state index contributed by atoms with van der Waals surface area (Å²) in [4.78, 5) is 0. The highest BCUT2D eigenvalue weighted by molar-refractivity contribution is 5.10. The lowest BCUT2D eigenvalue weighted by Crippen LogP contribution is -2.56. The Morgan fingerprint density at radius 2 is 1.66 bits per heavy atom. The lowest BCUT2D eigenvalue weighted by molar-refractivity contribution is -0.149. The molecule has 0 saturated heterocycles. The molecule has 0 aromatic heterocycles. The second-order valence-corrected chi connectivity index (χ2v) is 12.7. The molecule has 2 heteroatoms. The van der Waals surface area contributed by atoms with Crippen LogP contribution in [0.5, 0.6) is 0 Å². The smallest absolute Gasteiger partial charge is 0.126 e. The molecule has 0 aliphatic heterocycles. The number of alkyl halides is 1. The minimum Gasteiger partial charge on any atom is -0.390 e. The average molecular weight is 407 g/mol. The molecule has 4 rings (SSSR count). The largest absolute Gasteiger partial charge is 0.390 e. The van der Waals surface area contributed by atoms with E-state index in [-0.39, 0.29) is 5.41 Å². The minimum absolute atomic E-state index is 0.174. The summed E-state index contributed by atoms with van der Waals surface area (Å²) < 4.78 is 14.3. The van der Waals surface area contributed by atoms with Gasteiger partial charge in [0.2, 0.25) is 0 Å². The van der Waals surface area contributed by atoms with Crippen molar-refractivity contribution in [1.29, 1.82) is 0 Å². The van der Waals surface area contributed by atoms with Gasteiger partial charge in [0, 0.05) is 0 Å². The van der Waals surface area contributed by atoms with Gasteiger partial charge in [-0.1, -0.05) is 53.9 Å². The maximum atomic E-state index is 14.3. The van der Waals surface area contributed by atoms with Crippen LogP contribution in [0.25, 0.3) is 0 Å². The Kier molecular flexibility index (Phi) is 6.17. The Labute approximate surface area is 179 Å². The van der Waals surface area contributed by atoms with Gasteiger partial charge in [-0.3, -0.25) is 0 Å². The lowest BCUT2D eigenvalue weighted by atomic mass is 9.44. The standard InChI is InChI=1S/C27H47FO/c1-17(2)7-6-8-18(3)21-11-12-22-20-10-9-19-15-24(28)25(29)16-27(19,5)23(20)13-14-26(21,22)4/h17-25,29H,6-16H2,1-5H3/t18-,19+,20+,21-,22+,23+,24+,25+,26-,27+/m1/s1. The van der Waals surface area contributed by atoms with Gasteiger partial charge in [-0.15, -0.1) is 0 Å². The molecule has 4 aliphatic carbocycles. The first-order chi connectivity index (χ1) is 13.7. The van der Waals surface area contributed by atoms with Gasteiger partial charge in [-0.05, 0) is 104 Å². The molecule has 0 bridgehead atoms. The summed E-state index contributed by atoms with van der Waals surface area (Å²) in [7, 11) is 0. The molecule has 0 unspecified atom stereocenters. The number of fused-ring (bicyclic) bond motifs is 5. The van der Waals surface area contributed by atoms with Crippen molar-refractivity contribution in [2.45, 2.75) is 118 Å². The van der Waals surface area contributed by atoms with Gasteiger partial charge in [0.15, 0.2) is 0 Å². The summed E-state index contributed by atoms with van der Waals surface area (Å²) in [5.41, 5.74) is 0.699. The number of rotatable bonds is 5. The number of aliphatic hydroxyl groups excluding tert-OH is 1. The van der Waals surface area contributed by atoms with Crippen LogP contribution < -0.4 is 0 Å². The number of aliphatic hydroxyl groups is 1. The van der Waals surface area contributed by atoms with Crippen LogP contribution in [0.15, 0.2) is 0 Å². The van der Waals surface area contributed by atoms with Crippen LogP contribution in [0.2, 0.25) is 0 Å². The molecule has 168 valence electrons. The van der Waals surface area contributed by atoms with Gasteiger partial charge in [0.25, 0.3) is 0 Å². The summed E-state index contributed by atoms with van der Waals surface area (Å²) in [6.45, 7) is 12.3. The van der Waals surface area contributed by atoms with Crippen molar-refractivity contribution >= 4 is 0 Å². The second kappa shape index (κ2) is 8.10. The minimum atomic E-state index is -0.985. The van der Waals surface area contributed by atoms with Crippen molar-refractivity contribution in [3.8, 4) is 0 Å². The third kappa shape index (κ3) is 3.72. The van der Waals surface area contributed by atoms with E-state index in [9.17, 15) is 9.50 Å². The van der Waals surface area contributed by atoms with Crippen molar-refractivity contribution in [3.05, 3.63) is 0 Å². The number of hydrogen-bond donors (Lipinski definition) is 1. The summed E-state index contributed by atoms with van der Waals surface area (Å²) in [5.74, 6) is 5.50. The van der Waals surface area contributed by atoms with Crippen LogP contribution in [0, 0.1) is 52.3 Å². The fourth-order valence-corrected chi connectivity index (χ4v) is 9.27. The average Bonchev–Trinajstić information content (AvgIpc) is 3.00. The molecule has 0 aromatic carbocycles. The van der Waals surface area contributed by atoms with Crippen LogP contribution in [0.4, 0.5) is 4.39 Å². The van der Waals surface area contributed by atoms with Crippen LogP contribution in [0.1, 0.15) is 105 Å². The first kappa shape index (κ1) is 22.1. The van der Waals surface area contributed by atoms with E-state index in [4.69, 9.17) is 0 Å². The molecule has 0 radical (unpaired) electrons. The molecule has 1 nitrogen and oxygen atoms in total. The van der Waals surface area contributed by atoms with Crippen LogP contribution in [-0.2, 0) is 0 Å². The topological polar surface area (TPSA) is 20.2 Å². The zero-order valence-corrected chi connectivity index (χ0v) is 19.8. The predicted molar refractivity (Wildman–Crippen MR) is 119 cm³/mol. The molecule has 0 spiro atoms. The molecule has 4 saturated carbocycles. The van der Waals surface area contributed by atoms with Crippen molar-refractivity contribution in [2.75, 3.05) is 0 Å². The Morgan fingerprint density at radius 1 is 0.931 bits per heavy atom. The van der Waals surface area contributed by atoms with E-state index in [0.29, 0.717) is 24.2 Å². The third-order valence-electron chi connectivity index (χ3n) is 10.8. The van der Waals surface area contributed by atoms with Gasteiger partial charge in [0.05, 0.1) is 6.10 Å². The first-order valence-electron chi connectivity index (χ1n) is 13.0. The fourth-order valence-electron chi connectivity index (χ4n) is 9.27. The summed E-state index contributed by atoms with van der Waals surface area (Å²) in [5, 5.41) is 10.4. The maximum Gasteiger partial charge on any atom is 0.126 e. The monoisotopic (exact) mass is 406 g/mol. The molecule has 1 N–H and O–H groups in total. The van der Waals surface area contributed by atoms with Crippen LogP contribution >= 0.6 is 0 Å². The van der Waals surface area contributed by atoms with Gasteiger partial charge < -0.3 is 5.11 Å². The Balaban J connectivity index is 1.47. The van der Waals surface area contributed by atoms with E-state index in [1.807, 2.05) is 0 Å². The molecule has 29 heavy (non-hydrogen) atoms. The lowest BCUT2D eigenvalue weighted by Gasteiger charge is -2.61. The molecule has 4 aliphatic rings. The third-order valence-corrected chi connectivity index (χ3v) is 10.8. The van der Waals surface area contributed by atoms with Crippen molar-refractivity contribution in [2.24, 2.45) is 52.3 Å². The van der Waals surface area contributed by atoms with Crippen molar-refractivity contribution in [1.82, 2.24) is 0 Å². The zero-order chi connectivity index (χ0) is 21.0. The maximum absolute atomic E-state index is 14.3. The van der Waals surface area contributed by atoms with E-state index in [2.05, 4.69) is 34.6 Å². The highest BCUT2D eigenvalue weighted by Crippen LogP contribution is 2.68. The van der Waals surface area contributed by atoms with E-state index >= 15 is 0 Å². The van der Waals surface area contributed by atoms with Crippen LogP contribution in [0.3, 0.4) is 0 Å². The zero-order valence-electron chi connectivity index (χ0n) is 19.8. The number of hydrogen-bond acceptors (Lipinski definition) is 1. The van der Waals surface area contributed by atoms with Crippen molar-refractivity contribution < 1.29 is 9.50 Å². The first-order valence-corrected chi connectivity index (χ1v) is 13.0. The summed E-state index contributed by atoms with van der Waals surface area (Å²) in [6.07, 6.45) is 11.9. The van der Waals surface area contributed by atoms with E-state index in [1.165, 1.54) is 57.8 Å². The van der Waals surface area contributed by atoms with E-state index < -0.39 is 12.3 Å². The quantitative estimate of drug-likeness (QED) is 0.504. The second-order valence-electron chi connectivity index (χ2n) is 12.7. The van der Waals surface area contributed by atoms with E-state index in [0.717, 1.165) is 35.5 Å². The molecule has 0 aromatic rings. The van der Waals surface area contributed by atoms with Gasteiger partial charge in [-0.25, -0.2) is 4.39 Å². The Morgan fingerprint density at radius 3 is 2.38 bits per heavy atom. The normalized spacial score (nSPS) is 50.7. The fraction of sp³-hybridized carbons (Fsp3) is 1.00. The molecule has 0 heterocycles. The van der Waals surface area contributed by atoms with E-state index in [1.54, 1.807) is 0 Å². The highest BCUT2D eigenvalue weighted by atomic mass is 19.1. The summed E-state index contributed by atoms with van der Waals surface area (Å²) in [6, 6.07) is 0.